The molecule has 1 atom stereocenters. The molecule has 0 spiro atoms. The summed E-state index contributed by atoms with van der Waals surface area (Å²) < 4.78 is 0. The lowest BCUT2D eigenvalue weighted by Gasteiger charge is -2.22. The number of rotatable bonds is 5. The molecule has 2 aromatic rings. The Hall–Kier alpha value is -1.68. The smallest absolute Gasteiger partial charge is 0.263 e. The lowest BCUT2D eigenvalue weighted by atomic mass is 9.99. The summed E-state index contributed by atoms with van der Waals surface area (Å²) in [5, 5.41) is 6.27. The Balaban J connectivity index is 0.00000261. The first-order chi connectivity index (χ1) is 12.7. The Kier molecular flexibility index (Phi) is 8.49. The van der Waals surface area contributed by atoms with Gasteiger partial charge in [0.25, 0.3) is 5.91 Å². The Morgan fingerprint density at radius 2 is 2.04 bits per heavy atom. The number of nitrogens with one attached hydrogen (secondary N) is 2. The molecule has 2 N–H and O–H groups in total. The standard InChI is InChI=1S/C19H25N5OS.HI/c1-14-17(26-13-23-14)18(25)21-9-10-22-19(20-2)24-11-8-16(12-24)15-6-4-3-5-7-15;/h3-7,13,16H,8-12H2,1-2H3,(H,20,22)(H,21,25);1H. The molecule has 0 saturated carbocycles. The Labute approximate surface area is 181 Å². The number of hydrogen-bond donors (Lipinski definition) is 2. The fraction of sp³-hybridized carbons (Fsp3) is 0.421. The molecule has 0 aliphatic carbocycles. The summed E-state index contributed by atoms with van der Waals surface area (Å²) in [5.74, 6) is 1.38. The SMILES string of the molecule is CN=C(NCCNC(=O)c1scnc1C)N1CCC(c2ccccc2)C1.I. The maximum absolute atomic E-state index is 12.1. The molecule has 8 heteroatoms. The van der Waals surface area contributed by atoms with Crippen LogP contribution < -0.4 is 10.6 Å². The summed E-state index contributed by atoms with van der Waals surface area (Å²) in [4.78, 5) is 23.6. The average Bonchev–Trinajstić information content (AvgIpc) is 3.32. The first-order valence-corrected chi connectivity index (χ1v) is 9.76. The molecule has 0 bridgehead atoms. The van der Waals surface area contributed by atoms with E-state index in [9.17, 15) is 4.79 Å². The van der Waals surface area contributed by atoms with E-state index in [1.807, 2.05) is 6.92 Å². The van der Waals surface area contributed by atoms with Crippen LogP contribution in [0.4, 0.5) is 0 Å². The zero-order valence-corrected chi connectivity index (χ0v) is 18.8. The lowest BCUT2D eigenvalue weighted by molar-refractivity contribution is 0.0957. The van der Waals surface area contributed by atoms with E-state index < -0.39 is 0 Å². The largest absolute Gasteiger partial charge is 0.354 e. The highest BCUT2D eigenvalue weighted by Gasteiger charge is 2.25. The van der Waals surface area contributed by atoms with E-state index in [1.165, 1.54) is 16.9 Å². The van der Waals surface area contributed by atoms with E-state index >= 15 is 0 Å². The first kappa shape index (κ1) is 21.6. The van der Waals surface area contributed by atoms with Crippen LogP contribution in [0.5, 0.6) is 0 Å². The molecule has 0 radical (unpaired) electrons. The topological polar surface area (TPSA) is 69.6 Å². The van der Waals surface area contributed by atoms with Gasteiger partial charge in [-0.15, -0.1) is 35.3 Å². The van der Waals surface area contributed by atoms with Crippen LogP contribution >= 0.6 is 35.3 Å². The van der Waals surface area contributed by atoms with Crippen molar-refractivity contribution < 1.29 is 4.79 Å². The number of hydrogen-bond acceptors (Lipinski definition) is 4. The minimum atomic E-state index is -0.0629. The molecule has 1 unspecified atom stereocenters. The van der Waals surface area contributed by atoms with Crippen molar-refractivity contribution in [1.82, 2.24) is 20.5 Å². The summed E-state index contributed by atoms with van der Waals surface area (Å²) in [6, 6.07) is 10.6. The first-order valence-electron chi connectivity index (χ1n) is 8.88. The van der Waals surface area contributed by atoms with Crippen molar-refractivity contribution in [2.24, 2.45) is 4.99 Å². The van der Waals surface area contributed by atoms with Gasteiger partial charge in [-0.05, 0) is 18.9 Å². The molecule has 3 rings (SSSR count). The number of halogens is 1. The monoisotopic (exact) mass is 499 g/mol. The highest BCUT2D eigenvalue weighted by atomic mass is 127. The Bertz CT molecular complexity index is 764. The van der Waals surface area contributed by atoms with E-state index in [2.05, 4.69) is 55.8 Å². The van der Waals surface area contributed by atoms with Crippen molar-refractivity contribution in [3.63, 3.8) is 0 Å². The molecule has 1 amide bonds. The van der Waals surface area contributed by atoms with Gasteiger partial charge >= 0.3 is 0 Å². The predicted octanol–water partition coefficient (Wildman–Crippen LogP) is 2.86. The normalized spacial score (nSPS) is 16.7. The summed E-state index contributed by atoms with van der Waals surface area (Å²) in [5.41, 5.74) is 3.86. The van der Waals surface area contributed by atoms with Gasteiger partial charge in [0.1, 0.15) is 4.88 Å². The summed E-state index contributed by atoms with van der Waals surface area (Å²) in [6.45, 7) is 5.00. The fourth-order valence-corrected chi connectivity index (χ4v) is 3.95. The van der Waals surface area contributed by atoms with Gasteiger partial charge in [0.05, 0.1) is 11.2 Å². The quantitative estimate of drug-likeness (QED) is 0.288. The van der Waals surface area contributed by atoms with Gasteiger partial charge in [-0.1, -0.05) is 30.3 Å². The predicted molar refractivity (Wildman–Crippen MR) is 121 cm³/mol. The van der Waals surface area contributed by atoms with Gasteiger partial charge in [0, 0.05) is 39.1 Å². The molecule has 1 aromatic carbocycles. The van der Waals surface area contributed by atoms with E-state index in [0.29, 0.717) is 23.9 Å². The number of amides is 1. The maximum Gasteiger partial charge on any atom is 0.263 e. The van der Waals surface area contributed by atoms with Crippen molar-refractivity contribution in [2.75, 3.05) is 33.2 Å². The average molecular weight is 499 g/mol. The van der Waals surface area contributed by atoms with Gasteiger partial charge in [0.15, 0.2) is 5.96 Å². The number of benzene rings is 1. The molecule has 6 nitrogen and oxygen atoms in total. The molecule has 1 aliphatic heterocycles. The van der Waals surface area contributed by atoms with Crippen molar-refractivity contribution in [3.05, 3.63) is 52.0 Å². The van der Waals surface area contributed by atoms with Crippen LogP contribution in [0.3, 0.4) is 0 Å². The highest BCUT2D eigenvalue weighted by molar-refractivity contribution is 14.0. The molecule has 2 heterocycles. The number of thiazole rings is 1. The number of aromatic nitrogens is 1. The molecule has 1 aromatic heterocycles. The molecular formula is C19H26IN5OS. The molecule has 1 saturated heterocycles. The van der Waals surface area contributed by atoms with Gasteiger partial charge in [0.2, 0.25) is 0 Å². The minimum absolute atomic E-state index is 0. The van der Waals surface area contributed by atoms with E-state index in [-0.39, 0.29) is 29.9 Å². The van der Waals surface area contributed by atoms with Crippen molar-refractivity contribution >= 4 is 47.2 Å². The van der Waals surface area contributed by atoms with E-state index in [4.69, 9.17) is 0 Å². The zero-order chi connectivity index (χ0) is 18.4. The number of guanidine groups is 1. The summed E-state index contributed by atoms with van der Waals surface area (Å²) in [7, 11) is 1.80. The number of carbonyl (C=O) groups is 1. The number of carbonyl (C=O) groups excluding carboxylic acids is 1. The second-order valence-electron chi connectivity index (χ2n) is 6.34. The van der Waals surface area contributed by atoms with Crippen LogP contribution in [0.15, 0.2) is 40.8 Å². The van der Waals surface area contributed by atoms with E-state index in [1.54, 1.807) is 12.6 Å². The van der Waals surface area contributed by atoms with Crippen LogP contribution in [-0.2, 0) is 0 Å². The number of likely N-dealkylation sites (tertiary alicyclic amines) is 1. The third kappa shape index (κ3) is 5.65. The molecule has 27 heavy (non-hydrogen) atoms. The van der Waals surface area contributed by atoms with Crippen LogP contribution in [0.1, 0.15) is 33.3 Å². The summed E-state index contributed by atoms with van der Waals surface area (Å²) in [6.07, 6.45) is 1.13. The van der Waals surface area contributed by atoms with Crippen LogP contribution in [0.2, 0.25) is 0 Å². The van der Waals surface area contributed by atoms with Gasteiger partial charge < -0.3 is 15.5 Å². The second-order valence-corrected chi connectivity index (χ2v) is 7.19. The highest BCUT2D eigenvalue weighted by Crippen LogP contribution is 2.26. The van der Waals surface area contributed by atoms with E-state index in [0.717, 1.165) is 31.2 Å². The maximum atomic E-state index is 12.1. The third-order valence-electron chi connectivity index (χ3n) is 4.62. The van der Waals surface area contributed by atoms with Gasteiger partial charge in [-0.25, -0.2) is 4.98 Å². The summed E-state index contributed by atoms with van der Waals surface area (Å²) >= 11 is 1.37. The Morgan fingerprint density at radius 3 is 2.70 bits per heavy atom. The third-order valence-corrected chi connectivity index (χ3v) is 5.54. The lowest BCUT2D eigenvalue weighted by Crippen LogP contribution is -2.43. The minimum Gasteiger partial charge on any atom is -0.354 e. The molecule has 146 valence electrons. The number of nitrogens with zero attached hydrogens (tertiary/aromatic N) is 3. The molecular weight excluding hydrogens is 473 g/mol. The fourth-order valence-electron chi connectivity index (χ4n) is 3.23. The Morgan fingerprint density at radius 1 is 1.30 bits per heavy atom. The van der Waals surface area contributed by atoms with Gasteiger partial charge in [-0.3, -0.25) is 9.79 Å². The van der Waals surface area contributed by atoms with Crippen LogP contribution in [-0.4, -0.2) is 55.0 Å². The van der Waals surface area contributed by atoms with Crippen molar-refractivity contribution in [1.29, 1.82) is 0 Å². The zero-order valence-electron chi connectivity index (χ0n) is 15.6. The molecule has 1 aliphatic rings. The van der Waals surface area contributed by atoms with Crippen molar-refractivity contribution in [3.8, 4) is 0 Å². The van der Waals surface area contributed by atoms with Crippen molar-refractivity contribution in [2.45, 2.75) is 19.3 Å². The number of aliphatic imine (C=N–C) groups is 1. The second kappa shape index (κ2) is 10.6. The molecule has 1 fully saturated rings. The van der Waals surface area contributed by atoms with Gasteiger partial charge in [-0.2, -0.15) is 0 Å². The van der Waals surface area contributed by atoms with Crippen LogP contribution in [0.25, 0.3) is 0 Å². The number of aryl methyl sites for hydroxylation is 1. The van der Waals surface area contributed by atoms with Crippen LogP contribution in [0, 0.1) is 6.92 Å².